The smallest absolute Gasteiger partial charge is 0.342 e. The molecule has 0 atom stereocenters. The van der Waals surface area contributed by atoms with Crippen LogP contribution in [0.15, 0.2) is 84.5 Å². The van der Waals surface area contributed by atoms with Crippen LogP contribution >= 0.6 is 0 Å². The van der Waals surface area contributed by atoms with Gasteiger partial charge in [0.25, 0.3) is 0 Å². The third-order valence-electron chi connectivity index (χ3n) is 7.81. The average molecular weight is 569 g/mol. The summed E-state index contributed by atoms with van der Waals surface area (Å²) >= 11 is 0. The summed E-state index contributed by atoms with van der Waals surface area (Å²) in [5.74, 6) is -4.18. The van der Waals surface area contributed by atoms with Crippen LogP contribution in [0.5, 0.6) is 0 Å². The zero-order valence-electron chi connectivity index (χ0n) is 23.3. The highest BCUT2D eigenvalue weighted by molar-refractivity contribution is 5.65. The monoisotopic (exact) mass is 568 g/mol. The van der Waals surface area contributed by atoms with E-state index in [1.165, 1.54) is 12.1 Å². The number of hydrogen-bond acceptors (Lipinski definition) is 2. The van der Waals surface area contributed by atoms with E-state index in [2.05, 4.69) is 6.92 Å². The molecule has 0 saturated carbocycles. The Morgan fingerprint density at radius 2 is 1.61 bits per heavy atom. The number of hydrogen-bond donors (Lipinski definition) is 0. The summed E-state index contributed by atoms with van der Waals surface area (Å²) in [6.07, 6.45) is 3.49. The normalized spacial score (nSPS) is 22.4. The molecule has 0 N–H and O–H groups in total. The predicted molar refractivity (Wildman–Crippen MR) is 149 cm³/mol. The van der Waals surface area contributed by atoms with Gasteiger partial charge in [0.2, 0.25) is 5.79 Å². The minimum absolute atomic E-state index is 0.0703. The first-order valence-electron chi connectivity index (χ1n) is 13.9. The molecule has 5 rings (SSSR count). The summed E-state index contributed by atoms with van der Waals surface area (Å²) in [6, 6.07) is 15.4. The van der Waals surface area contributed by atoms with E-state index < -0.39 is 35.1 Å². The Labute approximate surface area is 237 Å². The average Bonchev–Trinajstić information content (AvgIpc) is 2.94. The van der Waals surface area contributed by atoms with E-state index in [4.69, 9.17) is 9.47 Å². The molecule has 41 heavy (non-hydrogen) atoms. The Hall–Kier alpha value is -3.29. The Morgan fingerprint density at radius 3 is 2.24 bits per heavy atom. The van der Waals surface area contributed by atoms with Crippen LogP contribution in [0.2, 0.25) is 0 Å². The molecule has 2 aliphatic rings. The van der Waals surface area contributed by atoms with Crippen molar-refractivity contribution in [3.63, 3.8) is 0 Å². The molecule has 216 valence electrons. The van der Waals surface area contributed by atoms with Gasteiger partial charge >= 0.3 is 6.18 Å². The molecule has 3 aromatic rings. The lowest BCUT2D eigenvalue weighted by molar-refractivity contribution is -0.261. The Morgan fingerprint density at radius 1 is 0.902 bits per heavy atom. The molecule has 1 fully saturated rings. The zero-order valence-corrected chi connectivity index (χ0v) is 23.3. The van der Waals surface area contributed by atoms with E-state index in [9.17, 15) is 13.2 Å². The second kappa shape index (κ2) is 11.2. The van der Waals surface area contributed by atoms with Gasteiger partial charge in [-0.2, -0.15) is 13.2 Å². The molecule has 1 aliphatic carbocycles. The van der Waals surface area contributed by atoms with Crippen molar-refractivity contribution in [3.8, 4) is 11.1 Å². The van der Waals surface area contributed by atoms with Crippen molar-refractivity contribution in [1.29, 1.82) is 0 Å². The van der Waals surface area contributed by atoms with E-state index in [0.717, 1.165) is 30.5 Å². The van der Waals surface area contributed by atoms with Gasteiger partial charge in [-0.15, -0.1) is 0 Å². The fraction of sp³-hybridized carbons (Fsp3) is 0.353. The molecule has 0 amide bonds. The summed E-state index contributed by atoms with van der Waals surface area (Å²) in [7, 11) is 0. The first-order chi connectivity index (χ1) is 19.4. The fourth-order valence-electron chi connectivity index (χ4n) is 5.64. The van der Waals surface area contributed by atoms with Crippen LogP contribution in [0.1, 0.15) is 61.8 Å². The Balaban J connectivity index is 1.45. The molecule has 0 aromatic heterocycles. The quantitative estimate of drug-likeness (QED) is 0.276. The highest BCUT2D eigenvalue weighted by Gasteiger charge is 2.46. The van der Waals surface area contributed by atoms with Crippen molar-refractivity contribution in [1.82, 2.24) is 0 Å². The van der Waals surface area contributed by atoms with Crippen molar-refractivity contribution in [2.45, 2.75) is 57.9 Å². The second-order valence-corrected chi connectivity index (χ2v) is 11.5. The number of allylic oxidation sites excluding steroid dienone is 3. The summed E-state index contributed by atoms with van der Waals surface area (Å²) < 4.78 is 84.2. The van der Waals surface area contributed by atoms with Crippen LogP contribution in [-0.2, 0) is 27.9 Å². The number of alkyl halides is 3. The van der Waals surface area contributed by atoms with Gasteiger partial charge in [0.1, 0.15) is 0 Å². The summed E-state index contributed by atoms with van der Waals surface area (Å²) in [6.45, 7) is 5.96. The van der Waals surface area contributed by atoms with Crippen molar-refractivity contribution in [2.75, 3.05) is 13.2 Å². The van der Waals surface area contributed by atoms with Gasteiger partial charge in [-0.1, -0.05) is 94.0 Å². The lowest BCUT2D eigenvalue weighted by Gasteiger charge is -2.44. The fourth-order valence-corrected chi connectivity index (χ4v) is 5.64. The molecule has 1 heterocycles. The van der Waals surface area contributed by atoms with Crippen LogP contribution in [0.3, 0.4) is 0 Å². The summed E-state index contributed by atoms with van der Waals surface area (Å²) in [5.41, 5.74) is 1.74. The number of halogens is 5. The summed E-state index contributed by atoms with van der Waals surface area (Å²) in [5, 5.41) is 0. The van der Waals surface area contributed by atoms with Gasteiger partial charge in [0, 0.05) is 17.0 Å². The van der Waals surface area contributed by atoms with E-state index in [1.807, 2.05) is 38.1 Å². The SMILES string of the molecule is CCCc1ccc(-c2ccc(C3COC(C4=CC=CC(C)(C)C4)(c4cccc(C(F)(F)F)c4)OC3)c(F)c2F)cc1. The maximum atomic E-state index is 15.5. The summed E-state index contributed by atoms with van der Waals surface area (Å²) in [4.78, 5) is 0. The van der Waals surface area contributed by atoms with Crippen molar-refractivity contribution >= 4 is 0 Å². The topological polar surface area (TPSA) is 18.5 Å². The van der Waals surface area contributed by atoms with Gasteiger partial charge in [-0.3, -0.25) is 0 Å². The Kier molecular flexibility index (Phi) is 7.96. The van der Waals surface area contributed by atoms with Crippen molar-refractivity contribution < 1.29 is 31.4 Å². The minimum Gasteiger partial charge on any atom is -0.342 e. The lowest BCUT2D eigenvalue weighted by Crippen LogP contribution is -2.44. The second-order valence-electron chi connectivity index (χ2n) is 11.5. The predicted octanol–water partition coefficient (Wildman–Crippen LogP) is 9.50. The lowest BCUT2D eigenvalue weighted by atomic mass is 9.77. The van der Waals surface area contributed by atoms with E-state index in [1.54, 1.807) is 30.3 Å². The standard InChI is InChI=1S/C34H33F5O2/c1-4-7-22-11-13-23(14-12-22)28-15-16-29(31(36)30(28)35)24-20-40-33(41-21-24,27-10-6-17-32(2,3)19-27)25-8-5-9-26(18-25)34(37,38)39/h5-6,8-18,24H,4,7,19-21H2,1-3H3. The molecule has 7 heteroatoms. The number of rotatable bonds is 6. The van der Waals surface area contributed by atoms with Crippen LogP contribution in [0.25, 0.3) is 11.1 Å². The zero-order chi connectivity index (χ0) is 29.4. The molecule has 0 bridgehead atoms. The molecule has 1 saturated heterocycles. The molecular weight excluding hydrogens is 535 g/mol. The molecule has 2 nitrogen and oxygen atoms in total. The molecule has 0 radical (unpaired) electrons. The van der Waals surface area contributed by atoms with Gasteiger partial charge in [-0.25, -0.2) is 8.78 Å². The van der Waals surface area contributed by atoms with Crippen LogP contribution in [0.4, 0.5) is 22.0 Å². The van der Waals surface area contributed by atoms with Gasteiger partial charge in [0.15, 0.2) is 11.6 Å². The molecule has 0 spiro atoms. The number of ether oxygens (including phenoxy) is 2. The minimum atomic E-state index is -4.55. The Bertz CT molecular complexity index is 1460. The number of aryl methyl sites for hydroxylation is 1. The molecule has 3 aromatic carbocycles. The highest BCUT2D eigenvalue weighted by atomic mass is 19.4. The molecular formula is C34H33F5O2. The van der Waals surface area contributed by atoms with Crippen molar-refractivity contribution in [3.05, 3.63) is 118 Å². The van der Waals surface area contributed by atoms with Crippen LogP contribution < -0.4 is 0 Å². The third kappa shape index (κ3) is 5.88. The molecule has 1 aliphatic heterocycles. The maximum Gasteiger partial charge on any atom is 0.416 e. The van der Waals surface area contributed by atoms with Crippen LogP contribution in [-0.4, -0.2) is 13.2 Å². The van der Waals surface area contributed by atoms with Crippen LogP contribution in [0, 0.1) is 17.0 Å². The number of benzene rings is 3. The van der Waals surface area contributed by atoms with E-state index in [-0.39, 0.29) is 35.3 Å². The van der Waals surface area contributed by atoms with Gasteiger partial charge in [-0.05, 0) is 52.7 Å². The third-order valence-corrected chi connectivity index (χ3v) is 7.81. The first kappa shape index (κ1) is 29.2. The van der Waals surface area contributed by atoms with Gasteiger partial charge < -0.3 is 9.47 Å². The van der Waals surface area contributed by atoms with E-state index in [0.29, 0.717) is 17.6 Å². The molecule has 0 unspecified atom stereocenters. The largest absolute Gasteiger partial charge is 0.416 e. The highest BCUT2D eigenvalue weighted by Crippen LogP contribution is 2.48. The first-order valence-corrected chi connectivity index (χ1v) is 13.9. The van der Waals surface area contributed by atoms with E-state index >= 15 is 8.78 Å². The maximum absolute atomic E-state index is 15.5. The van der Waals surface area contributed by atoms with Gasteiger partial charge in [0.05, 0.1) is 18.8 Å². The van der Waals surface area contributed by atoms with Crippen molar-refractivity contribution in [2.24, 2.45) is 5.41 Å².